The Kier molecular flexibility index (Phi) is 2.73. The van der Waals surface area contributed by atoms with Crippen LogP contribution in [0.15, 0.2) is 42.7 Å². The average molecular weight is 268 g/mol. The highest BCUT2D eigenvalue weighted by molar-refractivity contribution is 6.31. The van der Waals surface area contributed by atoms with E-state index in [2.05, 4.69) is 11.1 Å². The van der Waals surface area contributed by atoms with Gasteiger partial charge in [0.25, 0.3) is 0 Å². The van der Waals surface area contributed by atoms with Crippen LogP contribution in [0.3, 0.4) is 0 Å². The molecule has 0 atom stereocenters. The summed E-state index contributed by atoms with van der Waals surface area (Å²) in [5, 5.41) is 11.0. The summed E-state index contributed by atoms with van der Waals surface area (Å²) in [6, 6.07) is 11.7. The fraction of sp³-hybridized carbons (Fsp3) is 0.0667. The molecule has 3 nitrogen and oxygen atoms in total. The lowest BCUT2D eigenvalue weighted by Crippen LogP contribution is -1.93. The Balaban J connectivity index is 2.43. The number of benzene rings is 1. The van der Waals surface area contributed by atoms with Gasteiger partial charge in [0.2, 0.25) is 0 Å². The van der Waals surface area contributed by atoms with Crippen LogP contribution in [0.1, 0.15) is 5.56 Å². The molecule has 0 saturated heterocycles. The lowest BCUT2D eigenvalue weighted by atomic mass is 10.1. The van der Waals surface area contributed by atoms with E-state index >= 15 is 0 Å². The van der Waals surface area contributed by atoms with E-state index in [1.807, 2.05) is 35.9 Å². The van der Waals surface area contributed by atoms with Crippen LogP contribution >= 0.6 is 11.6 Å². The second-order valence-corrected chi connectivity index (χ2v) is 4.73. The molecule has 0 radical (unpaired) electrons. The second-order valence-electron chi connectivity index (χ2n) is 4.30. The fourth-order valence-electron chi connectivity index (χ4n) is 2.36. The van der Waals surface area contributed by atoms with Gasteiger partial charge in [-0.3, -0.25) is 4.98 Å². The van der Waals surface area contributed by atoms with Gasteiger partial charge in [0.05, 0.1) is 16.8 Å². The van der Waals surface area contributed by atoms with E-state index in [-0.39, 0.29) is 0 Å². The quantitative estimate of drug-likeness (QED) is 0.673. The van der Waals surface area contributed by atoms with Crippen molar-refractivity contribution in [2.24, 2.45) is 7.05 Å². The summed E-state index contributed by atoms with van der Waals surface area (Å²) in [4.78, 5) is 4.12. The molecule has 3 rings (SSSR count). The van der Waals surface area contributed by atoms with E-state index < -0.39 is 0 Å². The van der Waals surface area contributed by atoms with Crippen LogP contribution in [-0.4, -0.2) is 9.55 Å². The van der Waals surface area contributed by atoms with E-state index in [9.17, 15) is 5.26 Å². The number of aryl methyl sites for hydroxylation is 1. The molecule has 0 bridgehead atoms. The van der Waals surface area contributed by atoms with Crippen LogP contribution in [-0.2, 0) is 7.05 Å². The maximum Gasteiger partial charge on any atom is 0.102 e. The van der Waals surface area contributed by atoms with Crippen LogP contribution in [0, 0.1) is 11.3 Å². The molecule has 2 heterocycles. The number of hydrogen-bond donors (Lipinski definition) is 0. The molecule has 0 unspecified atom stereocenters. The Morgan fingerprint density at radius 1 is 1.32 bits per heavy atom. The number of halogens is 1. The molecule has 2 aromatic heterocycles. The van der Waals surface area contributed by atoms with Gasteiger partial charge >= 0.3 is 0 Å². The van der Waals surface area contributed by atoms with Crippen LogP contribution in [0.25, 0.3) is 22.2 Å². The Bertz CT molecular complexity index is 798. The zero-order valence-electron chi connectivity index (χ0n) is 10.3. The Morgan fingerprint density at radius 2 is 2.16 bits per heavy atom. The standard InChI is InChI=1S/C15H10ClN3/c1-19-14-7-11(16)4-5-12(14)13(8-17)15(19)10-3-2-6-18-9-10/h2-7,9H,1H3. The fourth-order valence-corrected chi connectivity index (χ4v) is 2.53. The van der Waals surface area contributed by atoms with E-state index in [0.717, 1.165) is 22.2 Å². The van der Waals surface area contributed by atoms with Crippen LogP contribution in [0.4, 0.5) is 0 Å². The minimum atomic E-state index is 0.655. The SMILES string of the molecule is Cn1c(-c2cccnc2)c(C#N)c2ccc(Cl)cc21. The molecule has 1 aromatic carbocycles. The summed E-state index contributed by atoms with van der Waals surface area (Å²) in [7, 11) is 1.93. The number of aromatic nitrogens is 2. The van der Waals surface area contributed by atoms with E-state index in [0.29, 0.717) is 10.6 Å². The van der Waals surface area contributed by atoms with Gasteiger partial charge in [0.1, 0.15) is 6.07 Å². The third kappa shape index (κ3) is 1.78. The predicted octanol–water partition coefficient (Wildman–Crippen LogP) is 3.77. The van der Waals surface area contributed by atoms with Crippen LogP contribution in [0.2, 0.25) is 5.02 Å². The first-order chi connectivity index (χ1) is 9.22. The highest BCUT2D eigenvalue weighted by Gasteiger charge is 2.16. The van der Waals surface area contributed by atoms with Gasteiger partial charge in [-0.25, -0.2) is 0 Å². The molecule has 0 aliphatic carbocycles. The average Bonchev–Trinajstić information content (AvgIpc) is 2.72. The van der Waals surface area contributed by atoms with Crippen molar-refractivity contribution in [2.45, 2.75) is 0 Å². The summed E-state index contributed by atoms with van der Waals surface area (Å²) in [6.45, 7) is 0. The number of nitriles is 1. The zero-order chi connectivity index (χ0) is 13.4. The highest BCUT2D eigenvalue weighted by Crippen LogP contribution is 2.33. The molecule has 4 heteroatoms. The number of rotatable bonds is 1. The third-order valence-electron chi connectivity index (χ3n) is 3.21. The van der Waals surface area contributed by atoms with Gasteiger partial charge in [0.15, 0.2) is 0 Å². The molecule has 0 spiro atoms. The zero-order valence-corrected chi connectivity index (χ0v) is 11.0. The second kappa shape index (κ2) is 4.42. The van der Waals surface area contributed by atoms with Crippen molar-refractivity contribution in [3.63, 3.8) is 0 Å². The molecular weight excluding hydrogens is 258 g/mol. The minimum absolute atomic E-state index is 0.655. The van der Waals surface area contributed by atoms with Crippen molar-refractivity contribution in [1.82, 2.24) is 9.55 Å². The lowest BCUT2D eigenvalue weighted by molar-refractivity contribution is 0.975. The van der Waals surface area contributed by atoms with Crippen molar-refractivity contribution in [3.05, 3.63) is 53.3 Å². The third-order valence-corrected chi connectivity index (χ3v) is 3.44. The molecule has 92 valence electrons. The maximum absolute atomic E-state index is 9.44. The van der Waals surface area contributed by atoms with Gasteiger partial charge in [-0.15, -0.1) is 0 Å². The topological polar surface area (TPSA) is 41.6 Å². The molecule has 0 saturated carbocycles. The van der Waals surface area contributed by atoms with Gasteiger partial charge < -0.3 is 4.57 Å². The predicted molar refractivity (Wildman–Crippen MR) is 75.9 cm³/mol. The van der Waals surface area contributed by atoms with Gasteiger partial charge in [0, 0.05) is 35.4 Å². The number of hydrogen-bond acceptors (Lipinski definition) is 2. The largest absolute Gasteiger partial charge is 0.342 e. The van der Waals surface area contributed by atoms with E-state index in [1.54, 1.807) is 18.5 Å². The van der Waals surface area contributed by atoms with Gasteiger partial charge in [-0.05, 0) is 30.3 Å². The van der Waals surface area contributed by atoms with E-state index in [1.165, 1.54) is 0 Å². The molecule has 0 amide bonds. The van der Waals surface area contributed by atoms with Gasteiger partial charge in [-0.2, -0.15) is 5.26 Å². The molecule has 0 fully saturated rings. The van der Waals surface area contributed by atoms with Gasteiger partial charge in [-0.1, -0.05) is 11.6 Å². The Labute approximate surface area is 115 Å². The normalized spacial score (nSPS) is 10.6. The maximum atomic E-state index is 9.44. The summed E-state index contributed by atoms with van der Waals surface area (Å²) in [6.07, 6.45) is 3.48. The van der Waals surface area contributed by atoms with Crippen LogP contribution < -0.4 is 0 Å². The number of pyridine rings is 1. The lowest BCUT2D eigenvalue weighted by Gasteiger charge is -2.04. The van der Waals surface area contributed by atoms with Crippen LogP contribution in [0.5, 0.6) is 0 Å². The number of nitrogens with zero attached hydrogens (tertiary/aromatic N) is 3. The summed E-state index contributed by atoms with van der Waals surface area (Å²) in [5.41, 5.74) is 3.40. The van der Waals surface area contributed by atoms with Crippen molar-refractivity contribution >= 4 is 22.5 Å². The molecular formula is C15H10ClN3. The molecule has 0 aliphatic heterocycles. The first-order valence-electron chi connectivity index (χ1n) is 5.81. The smallest absolute Gasteiger partial charge is 0.102 e. The van der Waals surface area contributed by atoms with E-state index in [4.69, 9.17) is 11.6 Å². The monoisotopic (exact) mass is 267 g/mol. The molecule has 0 aliphatic rings. The summed E-state index contributed by atoms with van der Waals surface area (Å²) < 4.78 is 1.98. The van der Waals surface area contributed by atoms with Crippen molar-refractivity contribution in [2.75, 3.05) is 0 Å². The van der Waals surface area contributed by atoms with Crippen molar-refractivity contribution < 1.29 is 0 Å². The first kappa shape index (κ1) is 11.8. The molecule has 0 N–H and O–H groups in total. The highest BCUT2D eigenvalue weighted by atomic mass is 35.5. The molecule has 3 aromatic rings. The first-order valence-corrected chi connectivity index (χ1v) is 6.18. The summed E-state index contributed by atoms with van der Waals surface area (Å²) >= 11 is 6.03. The van der Waals surface area contributed by atoms with Crippen molar-refractivity contribution in [3.8, 4) is 17.3 Å². The minimum Gasteiger partial charge on any atom is -0.342 e. The number of fused-ring (bicyclic) bond motifs is 1. The Hall–Kier alpha value is -2.31. The summed E-state index contributed by atoms with van der Waals surface area (Å²) in [5.74, 6) is 0. The van der Waals surface area contributed by atoms with Crippen molar-refractivity contribution in [1.29, 1.82) is 5.26 Å². The molecule has 19 heavy (non-hydrogen) atoms. The Morgan fingerprint density at radius 3 is 2.84 bits per heavy atom.